The Hall–Kier alpha value is -1.00. The zero-order valence-electron chi connectivity index (χ0n) is 9.85. The summed E-state index contributed by atoms with van der Waals surface area (Å²) < 4.78 is 43.0. The smallest absolute Gasteiger partial charge is 0.425 e. The van der Waals surface area contributed by atoms with Crippen LogP contribution in [0.2, 0.25) is 0 Å². The molecular formula is C12H17F3O2. The molecule has 1 fully saturated rings. The van der Waals surface area contributed by atoms with Crippen molar-refractivity contribution in [3.8, 4) is 0 Å². The Kier molecular flexibility index (Phi) is 4.60. The molecule has 0 bridgehead atoms. The molecule has 1 atom stereocenters. The summed E-state index contributed by atoms with van der Waals surface area (Å²) >= 11 is 0. The van der Waals surface area contributed by atoms with Crippen molar-refractivity contribution >= 4 is 5.97 Å². The van der Waals surface area contributed by atoms with E-state index in [9.17, 15) is 18.0 Å². The molecule has 1 unspecified atom stereocenters. The van der Waals surface area contributed by atoms with Crippen molar-refractivity contribution < 1.29 is 22.7 Å². The summed E-state index contributed by atoms with van der Waals surface area (Å²) in [6.45, 7) is 4.64. The molecule has 0 spiro atoms. The highest BCUT2D eigenvalue weighted by atomic mass is 19.4. The van der Waals surface area contributed by atoms with E-state index in [1.807, 2.05) is 0 Å². The van der Waals surface area contributed by atoms with Crippen LogP contribution in [0.25, 0.3) is 0 Å². The molecule has 0 aromatic heterocycles. The minimum absolute atomic E-state index is 0.00457. The monoisotopic (exact) mass is 250 g/mol. The molecule has 0 amide bonds. The van der Waals surface area contributed by atoms with E-state index in [1.54, 1.807) is 0 Å². The van der Waals surface area contributed by atoms with Gasteiger partial charge in [0.1, 0.15) is 0 Å². The van der Waals surface area contributed by atoms with Crippen molar-refractivity contribution in [1.82, 2.24) is 0 Å². The van der Waals surface area contributed by atoms with Crippen LogP contribution in [0.3, 0.4) is 0 Å². The molecule has 0 aromatic carbocycles. The van der Waals surface area contributed by atoms with E-state index < -0.39 is 24.2 Å². The Morgan fingerprint density at radius 1 is 1.29 bits per heavy atom. The molecule has 0 aliphatic heterocycles. The Bertz CT molecular complexity index is 291. The fourth-order valence-corrected chi connectivity index (χ4v) is 2.08. The van der Waals surface area contributed by atoms with E-state index in [1.165, 1.54) is 6.92 Å². The SMILES string of the molecule is C=C(C)C(=O)OC(C1CCCCC1)C(F)(F)F. The third-order valence-corrected chi connectivity index (χ3v) is 2.98. The predicted molar refractivity (Wildman–Crippen MR) is 57.3 cm³/mol. The summed E-state index contributed by atoms with van der Waals surface area (Å²) in [6.07, 6.45) is -3.06. The molecule has 1 aliphatic rings. The number of halogens is 3. The third-order valence-electron chi connectivity index (χ3n) is 2.98. The van der Waals surface area contributed by atoms with Gasteiger partial charge in [-0.1, -0.05) is 25.8 Å². The van der Waals surface area contributed by atoms with Crippen LogP contribution in [-0.2, 0) is 9.53 Å². The second kappa shape index (κ2) is 5.56. The van der Waals surface area contributed by atoms with Crippen LogP contribution < -0.4 is 0 Å². The van der Waals surface area contributed by atoms with Gasteiger partial charge in [-0.25, -0.2) is 4.79 Å². The normalized spacial score (nSPS) is 19.8. The van der Waals surface area contributed by atoms with E-state index in [-0.39, 0.29) is 5.57 Å². The number of rotatable bonds is 3. The zero-order chi connectivity index (χ0) is 13.1. The molecule has 0 N–H and O–H groups in total. The highest BCUT2D eigenvalue weighted by Gasteiger charge is 2.47. The lowest BCUT2D eigenvalue weighted by molar-refractivity contribution is -0.234. The zero-order valence-corrected chi connectivity index (χ0v) is 9.85. The van der Waals surface area contributed by atoms with E-state index >= 15 is 0 Å². The Morgan fingerprint density at radius 2 is 1.82 bits per heavy atom. The predicted octanol–water partition coefficient (Wildman–Crippen LogP) is 3.62. The summed E-state index contributed by atoms with van der Waals surface area (Å²) in [6, 6.07) is 0. The maximum atomic E-state index is 12.8. The Morgan fingerprint density at radius 3 is 2.24 bits per heavy atom. The van der Waals surface area contributed by atoms with Gasteiger partial charge in [-0.05, 0) is 19.8 Å². The summed E-state index contributed by atoms with van der Waals surface area (Å²) in [5.74, 6) is -1.56. The van der Waals surface area contributed by atoms with Gasteiger partial charge < -0.3 is 4.74 Å². The van der Waals surface area contributed by atoms with Crippen molar-refractivity contribution in [2.24, 2.45) is 5.92 Å². The van der Waals surface area contributed by atoms with Gasteiger partial charge in [0, 0.05) is 11.5 Å². The standard InChI is InChI=1S/C12H17F3O2/c1-8(2)11(16)17-10(12(13,14)15)9-6-4-3-5-7-9/h9-10H,1,3-7H2,2H3. The molecule has 98 valence electrons. The maximum absolute atomic E-state index is 12.8. The lowest BCUT2D eigenvalue weighted by Gasteiger charge is -2.31. The molecule has 1 rings (SSSR count). The van der Waals surface area contributed by atoms with Crippen molar-refractivity contribution in [1.29, 1.82) is 0 Å². The second-order valence-electron chi connectivity index (χ2n) is 4.55. The van der Waals surface area contributed by atoms with E-state index in [0.717, 1.165) is 19.3 Å². The Balaban J connectivity index is 2.73. The maximum Gasteiger partial charge on any atom is 0.425 e. The fourth-order valence-electron chi connectivity index (χ4n) is 2.08. The van der Waals surface area contributed by atoms with Crippen molar-refractivity contribution in [3.05, 3.63) is 12.2 Å². The van der Waals surface area contributed by atoms with Crippen LogP contribution in [0.1, 0.15) is 39.0 Å². The number of esters is 1. The van der Waals surface area contributed by atoms with Gasteiger partial charge in [0.15, 0.2) is 6.10 Å². The van der Waals surface area contributed by atoms with Gasteiger partial charge in [-0.15, -0.1) is 0 Å². The molecule has 0 heterocycles. The summed E-state index contributed by atoms with van der Waals surface area (Å²) in [5.41, 5.74) is -0.00457. The van der Waals surface area contributed by atoms with Crippen molar-refractivity contribution in [2.75, 3.05) is 0 Å². The van der Waals surface area contributed by atoms with Crippen LogP contribution in [0.4, 0.5) is 13.2 Å². The fraction of sp³-hybridized carbons (Fsp3) is 0.750. The number of hydrogen-bond donors (Lipinski definition) is 0. The molecule has 2 nitrogen and oxygen atoms in total. The molecular weight excluding hydrogens is 233 g/mol. The van der Waals surface area contributed by atoms with Gasteiger partial charge in [0.25, 0.3) is 0 Å². The molecule has 1 saturated carbocycles. The molecule has 0 aromatic rings. The topological polar surface area (TPSA) is 26.3 Å². The number of carbonyl (C=O) groups excluding carboxylic acids is 1. The van der Waals surface area contributed by atoms with Crippen LogP contribution in [-0.4, -0.2) is 18.2 Å². The first kappa shape index (κ1) is 14.1. The molecule has 17 heavy (non-hydrogen) atoms. The average molecular weight is 250 g/mol. The van der Waals surface area contributed by atoms with Gasteiger partial charge in [0.05, 0.1) is 0 Å². The minimum atomic E-state index is -4.49. The van der Waals surface area contributed by atoms with E-state index in [4.69, 9.17) is 0 Å². The first-order chi connectivity index (χ1) is 7.82. The summed E-state index contributed by atoms with van der Waals surface area (Å²) in [5, 5.41) is 0. The first-order valence-corrected chi connectivity index (χ1v) is 5.75. The molecule has 1 aliphatic carbocycles. The van der Waals surface area contributed by atoms with Crippen LogP contribution in [0.5, 0.6) is 0 Å². The van der Waals surface area contributed by atoms with Gasteiger partial charge >= 0.3 is 12.1 Å². The Labute approximate surface area is 98.8 Å². The van der Waals surface area contributed by atoms with Gasteiger partial charge in [-0.3, -0.25) is 0 Å². The molecule has 5 heteroatoms. The number of hydrogen-bond acceptors (Lipinski definition) is 2. The number of carbonyl (C=O) groups is 1. The van der Waals surface area contributed by atoms with Crippen molar-refractivity contribution in [3.63, 3.8) is 0 Å². The highest BCUT2D eigenvalue weighted by molar-refractivity contribution is 5.87. The van der Waals surface area contributed by atoms with E-state index in [2.05, 4.69) is 11.3 Å². The van der Waals surface area contributed by atoms with E-state index in [0.29, 0.717) is 12.8 Å². The largest absolute Gasteiger partial charge is 0.449 e. The van der Waals surface area contributed by atoms with Crippen LogP contribution in [0, 0.1) is 5.92 Å². The van der Waals surface area contributed by atoms with Gasteiger partial charge in [-0.2, -0.15) is 13.2 Å². The third kappa shape index (κ3) is 4.06. The number of ether oxygens (including phenoxy) is 1. The summed E-state index contributed by atoms with van der Waals surface area (Å²) in [7, 11) is 0. The minimum Gasteiger partial charge on any atom is -0.449 e. The lowest BCUT2D eigenvalue weighted by Crippen LogP contribution is -2.41. The molecule has 0 radical (unpaired) electrons. The molecule has 0 saturated heterocycles. The quantitative estimate of drug-likeness (QED) is 0.565. The second-order valence-corrected chi connectivity index (χ2v) is 4.55. The lowest BCUT2D eigenvalue weighted by atomic mass is 9.85. The van der Waals surface area contributed by atoms with Crippen LogP contribution >= 0.6 is 0 Å². The van der Waals surface area contributed by atoms with Crippen molar-refractivity contribution in [2.45, 2.75) is 51.3 Å². The average Bonchev–Trinajstić information content (AvgIpc) is 2.25. The van der Waals surface area contributed by atoms with Crippen LogP contribution in [0.15, 0.2) is 12.2 Å². The number of alkyl halides is 3. The first-order valence-electron chi connectivity index (χ1n) is 5.75. The highest BCUT2D eigenvalue weighted by Crippen LogP contribution is 2.36. The summed E-state index contributed by atoms with van der Waals surface area (Å²) in [4.78, 5) is 11.2. The van der Waals surface area contributed by atoms with Gasteiger partial charge in [0.2, 0.25) is 0 Å².